The summed E-state index contributed by atoms with van der Waals surface area (Å²) >= 11 is 2.19. The smallest absolute Gasteiger partial charge is 0.410 e. The van der Waals surface area contributed by atoms with Crippen LogP contribution in [0.1, 0.15) is 5.69 Å². The Morgan fingerprint density at radius 2 is 2.24 bits per heavy atom. The van der Waals surface area contributed by atoms with Gasteiger partial charge in [0.05, 0.1) is 6.07 Å². The molecule has 3 rings (SSSR count). The Kier molecular flexibility index (Phi) is 7.04. The highest BCUT2D eigenvalue weighted by Gasteiger charge is 2.54. The number of β-lactam (4-membered cyclic amide) rings is 1. The molecule has 0 radical (unpaired) electrons. The number of nitrogens with one attached hydrogen (secondary N) is 1. The highest BCUT2D eigenvalue weighted by molar-refractivity contribution is 8.00. The van der Waals surface area contributed by atoms with Crippen LogP contribution in [0.5, 0.6) is 0 Å². The maximum atomic E-state index is 12.7. The molecular formula is C17H17N7O7S2. The monoisotopic (exact) mass is 495 g/mol. The average molecular weight is 495 g/mol. The molecule has 14 nitrogen and oxygen atoms in total. The van der Waals surface area contributed by atoms with E-state index in [4.69, 9.17) is 15.7 Å². The molecule has 1 aromatic heterocycles. The molecule has 5 N–H and O–H groups in total. The lowest BCUT2D eigenvalue weighted by Gasteiger charge is -2.49. The molecule has 0 aromatic carbocycles. The van der Waals surface area contributed by atoms with E-state index in [0.717, 1.165) is 32.9 Å². The highest BCUT2D eigenvalue weighted by atomic mass is 32.2. The van der Waals surface area contributed by atoms with Crippen molar-refractivity contribution in [1.82, 2.24) is 20.1 Å². The highest BCUT2D eigenvalue weighted by Crippen LogP contribution is 2.40. The van der Waals surface area contributed by atoms with Gasteiger partial charge in [-0.15, -0.1) is 23.1 Å². The third kappa shape index (κ3) is 4.68. The lowest BCUT2D eigenvalue weighted by Crippen LogP contribution is -2.71. The summed E-state index contributed by atoms with van der Waals surface area (Å²) in [7, 11) is 1.35. The second-order valence-corrected chi connectivity index (χ2v) is 8.70. The van der Waals surface area contributed by atoms with Crippen molar-refractivity contribution in [2.24, 2.45) is 5.16 Å². The lowest BCUT2D eigenvalue weighted by atomic mass is 10.0. The van der Waals surface area contributed by atoms with Crippen LogP contribution in [0.25, 0.3) is 0 Å². The lowest BCUT2D eigenvalue weighted by molar-refractivity contribution is -0.150. The summed E-state index contributed by atoms with van der Waals surface area (Å²) in [5.41, 5.74) is 4.94. The number of rotatable bonds is 7. The number of amides is 3. The van der Waals surface area contributed by atoms with Crippen LogP contribution in [0.2, 0.25) is 0 Å². The van der Waals surface area contributed by atoms with Gasteiger partial charge in [0.1, 0.15) is 36.0 Å². The molecule has 2 aliphatic rings. The van der Waals surface area contributed by atoms with E-state index in [1.807, 2.05) is 0 Å². The quantitative estimate of drug-likeness (QED) is 0.121. The third-order valence-corrected chi connectivity index (χ3v) is 6.62. The molecule has 33 heavy (non-hydrogen) atoms. The van der Waals surface area contributed by atoms with Crippen molar-refractivity contribution >= 4 is 57.8 Å². The summed E-state index contributed by atoms with van der Waals surface area (Å²) in [6, 6.07) is 0.705. The van der Waals surface area contributed by atoms with E-state index in [1.54, 1.807) is 6.07 Å². The number of ether oxygens (including phenoxy) is 1. The predicted molar refractivity (Wildman–Crippen MR) is 114 cm³/mol. The van der Waals surface area contributed by atoms with Crippen molar-refractivity contribution < 1.29 is 34.2 Å². The zero-order valence-electron chi connectivity index (χ0n) is 16.9. The van der Waals surface area contributed by atoms with Crippen LogP contribution in [-0.4, -0.2) is 92.1 Å². The van der Waals surface area contributed by atoms with E-state index in [1.165, 1.54) is 12.4 Å². The molecule has 0 bridgehead atoms. The first-order valence-corrected chi connectivity index (χ1v) is 11.0. The van der Waals surface area contributed by atoms with Crippen molar-refractivity contribution in [3.63, 3.8) is 0 Å². The molecule has 3 amide bonds. The topological polar surface area (TPSA) is 212 Å². The van der Waals surface area contributed by atoms with Crippen molar-refractivity contribution in [2.45, 2.75) is 11.4 Å². The van der Waals surface area contributed by atoms with Gasteiger partial charge < -0.3 is 26.1 Å². The summed E-state index contributed by atoms with van der Waals surface area (Å²) in [6.07, 6.45) is -0.820. The SMILES string of the molecule is CN(CC#N)C(=O)OCC1=C(C(=O)O)N2C(=O)C(NC(=O)/C(=N\O)c3csc(N)n3)C2SC1. The van der Waals surface area contributed by atoms with Crippen molar-refractivity contribution in [1.29, 1.82) is 5.26 Å². The van der Waals surface area contributed by atoms with E-state index >= 15 is 0 Å². The number of aromatic nitrogens is 1. The summed E-state index contributed by atoms with van der Waals surface area (Å²) < 4.78 is 5.04. The molecule has 2 atom stereocenters. The van der Waals surface area contributed by atoms with Crippen LogP contribution in [-0.2, 0) is 19.1 Å². The number of carboxylic acids is 1. The molecule has 1 aromatic rings. The molecule has 0 spiro atoms. The normalized spacial score (nSPS) is 19.8. The van der Waals surface area contributed by atoms with Gasteiger partial charge in [-0.25, -0.2) is 14.6 Å². The summed E-state index contributed by atoms with van der Waals surface area (Å²) in [6.45, 7) is -0.595. The molecule has 2 aliphatic heterocycles. The molecule has 174 valence electrons. The van der Waals surface area contributed by atoms with Gasteiger partial charge in [0.25, 0.3) is 11.8 Å². The average Bonchev–Trinajstić information content (AvgIpc) is 3.21. The van der Waals surface area contributed by atoms with Gasteiger partial charge >= 0.3 is 12.1 Å². The fourth-order valence-electron chi connectivity index (χ4n) is 3.04. The first kappa shape index (κ1) is 23.8. The number of thiazole rings is 1. The minimum absolute atomic E-state index is 0.0222. The fourth-order valence-corrected chi connectivity index (χ4v) is 4.92. The van der Waals surface area contributed by atoms with Crippen LogP contribution >= 0.6 is 23.1 Å². The number of nitrogen functional groups attached to an aromatic ring is 1. The molecule has 0 saturated carbocycles. The van der Waals surface area contributed by atoms with Gasteiger partial charge in [-0.1, -0.05) is 5.16 Å². The molecule has 2 unspecified atom stereocenters. The number of carbonyl (C=O) groups excluding carboxylic acids is 3. The number of oxime groups is 1. The number of carboxylic acid groups (broad SMARTS) is 1. The maximum Gasteiger partial charge on any atom is 0.410 e. The van der Waals surface area contributed by atoms with Gasteiger partial charge in [-0.2, -0.15) is 5.26 Å². The van der Waals surface area contributed by atoms with E-state index in [0.29, 0.717) is 0 Å². The Labute approximate surface area is 194 Å². The first-order valence-electron chi connectivity index (χ1n) is 9.08. The molecule has 0 aliphatic carbocycles. The van der Waals surface area contributed by atoms with E-state index < -0.39 is 41.0 Å². The van der Waals surface area contributed by atoms with Crippen LogP contribution < -0.4 is 11.1 Å². The predicted octanol–water partition coefficient (Wildman–Crippen LogP) is -0.766. The number of nitrogens with zero attached hydrogens (tertiary/aromatic N) is 5. The van der Waals surface area contributed by atoms with Crippen molar-refractivity contribution in [2.75, 3.05) is 31.7 Å². The van der Waals surface area contributed by atoms with Crippen LogP contribution in [0.3, 0.4) is 0 Å². The Balaban J connectivity index is 1.71. The van der Waals surface area contributed by atoms with E-state index in [-0.39, 0.29) is 41.0 Å². The van der Waals surface area contributed by atoms with Crippen LogP contribution in [0.15, 0.2) is 21.8 Å². The molecular weight excluding hydrogens is 478 g/mol. The second kappa shape index (κ2) is 9.75. The molecule has 1 saturated heterocycles. The fraction of sp³-hybridized carbons (Fsp3) is 0.353. The number of aliphatic carboxylic acids is 1. The summed E-state index contributed by atoms with van der Waals surface area (Å²) in [5.74, 6) is -2.87. The molecule has 3 heterocycles. The zero-order valence-corrected chi connectivity index (χ0v) is 18.6. The number of anilines is 1. The minimum Gasteiger partial charge on any atom is -0.477 e. The number of carbonyl (C=O) groups is 4. The van der Waals surface area contributed by atoms with Gasteiger partial charge in [-0.05, 0) is 0 Å². The van der Waals surface area contributed by atoms with Gasteiger partial charge in [0.2, 0.25) is 0 Å². The number of hydrogen-bond donors (Lipinski definition) is 4. The van der Waals surface area contributed by atoms with Crippen LogP contribution in [0.4, 0.5) is 9.93 Å². The van der Waals surface area contributed by atoms with Gasteiger partial charge in [0, 0.05) is 23.8 Å². The zero-order chi connectivity index (χ0) is 24.3. The number of hydrogen-bond acceptors (Lipinski definition) is 12. The number of nitriles is 1. The second-order valence-electron chi connectivity index (χ2n) is 6.71. The molecule has 16 heteroatoms. The van der Waals surface area contributed by atoms with Gasteiger partial charge in [-0.3, -0.25) is 19.4 Å². The first-order chi connectivity index (χ1) is 15.7. The Hall–Kier alpha value is -3.84. The number of nitrogens with two attached hydrogens (primary N) is 1. The third-order valence-electron chi connectivity index (χ3n) is 4.61. The van der Waals surface area contributed by atoms with Crippen LogP contribution in [0, 0.1) is 11.3 Å². The van der Waals surface area contributed by atoms with Crippen molar-refractivity contribution in [3.8, 4) is 6.07 Å². The molecule has 1 fully saturated rings. The minimum atomic E-state index is -1.40. The number of fused-ring (bicyclic) bond motifs is 1. The Morgan fingerprint density at radius 3 is 2.82 bits per heavy atom. The standard InChI is InChI=1S/C17H17N7O7S2/c1-23(3-2-18)17(29)31-4-7-5-32-14-10(13(26)24(14)11(7)15(27)28)21-12(25)9(22-30)8-6-33-16(19)20-8/h6,10,14,30H,3-5H2,1H3,(H2,19,20)(H,21,25)(H,27,28)/b22-9-. The Morgan fingerprint density at radius 1 is 1.52 bits per heavy atom. The van der Waals surface area contributed by atoms with Crippen molar-refractivity contribution in [3.05, 3.63) is 22.3 Å². The summed E-state index contributed by atoms with van der Waals surface area (Å²) in [5, 5.41) is 33.6. The number of thioether (sulfide) groups is 1. The largest absolute Gasteiger partial charge is 0.477 e. The van der Waals surface area contributed by atoms with E-state index in [2.05, 4.69) is 15.5 Å². The maximum absolute atomic E-state index is 12.7. The Bertz CT molecular complexity index is 1110. The van der Waals surface area contributed by atoms with Gasteiger partial charge in [0.15, 0.2) is 10.8 Å². The summed E-state index contributed by atoms with van der Waals surface area (Å²) in [4.78, 5) is 54.8. The van der Waals surface area contributed by atoms with E-state index in [9.17, 15) is 29.5 Å².